The number of carboxylic acid groups (broad SMARTS) is 1. The van der Waals surface area contributed by atoms with Crippen LogP contribution in [0.25, 0.3) is 0 Å². The first-order valence-corrected chi connectivity index (χ1v) is 7.28. The molecule has 0 aromatic carbocycles. The van der Waals surface area contributed by atoms with Gasteiger partial charge in [0.1, 0.15) is 0 Å². The second-order valence-electron chi connectivity index (χ2n) is 6.04. The maximum atomic E-state index is 12.1. The maximum absolute atomic E-state index is 12.1. The molecule has 0 bridgehead atoms. The molecule has 5 heteroatoms. The van der Waals surface area contributed by atoms with Gasteiger partial charge in [-0.15, -0.1) is 0 Å². The van der Waals surface area contributed by atoms with E-state index in [9.17, 15) is 9.59 Å². The van der Waals surface area contributed by atoms with Crippen LogP contribution in [0.2, 0.25) is 0 Å². The molecule has 0 unspecified atom stereocenters. The predicted octanol–water partition coefficient (Wildman–Crippen LogP) is 2.03. The molecule has 108 valence electrons. The molecule has 2 amide bonds. The number of nitrogens with zero attached hydrogens (tertiary/aromatic N) is 2. The Morgan fingerprint density at radius 2 is 1.79 bits per heavy atom. The van der Waals surface area contributed by atoms with Gasteiger partial charge in [0, 0.05) is 32.6 Å². The largest absolute Gasteiger partial charge is 0.481 e. The molecule has 1 saturated heterocycles. The van der Waals surface area contributed by atoms with E-state index in [2.05, 4.69) is 0 Å². The number of hydrogen-bond donors (Lipinski definition) is 1. The fraction of sp³-hybridized carbons (Fsp3) is 0.857. The minimum absolute atomic E-state index is 0.0622. The van der Waals surface area contributed by atoms with Crippen molar-refractivity contribution in [2.24, 2.45) is 11.8 Å². The summed E-state index contributed by atoms with van der Waals surface area (Å²) in [6.45, 7) is 2.04. The molecule has 1 aliphatic heterocycles. The van der Waals surface area contributed by atoms with E-state index in [4.69, 9.17) is 5.11 Å². The van der Waals surface area contributed by atoms with Crippen molar-refractivity contribution >= 4 is 12.0 Å². The lowest BCUT2D eigenvalue weighted by Gasteiger charge is -2.41. The summed E-state index contributed by atoms with van der Waals surface area (Å²) in [6, 6.07) is 0.0622. The standard InChI is InChI=1S/C14H24N2O3/c1-15(8-11-5-3-2-4-6-11)14(19)16-9-12(10-16)7-13(17)18/h11-12H,2-10H2,1H3,(H,17,18). The van der Waals surface area contributed by atoms with Gasteiger partial charge in [-0.05, 0) is 18.8 Å². The lowest BCUT2D eigenvalue weighted by molar-refractivity contribution is -0.139. The Morgan fingerprint density at radius 3 is 2.37 bits per heavy atom. The quantitative estimate of drug-likeness (QED) is 0.848. The highest BCUT2D eigenvalue weighted by Crippen LogP contribution is 2.25. The summed E-state index contributed by atoms with van der Waals surface area (Å²) in [5, 5.41) is 8.69. The van der Waals surface area contributed by atoms with Crippen molar-refractivity contribution in [2.45, 2.75) is 38.5 Å². The third-order valence-electron chi connectivity index (χ3n) is 4.27. The van der Waals surface area contributed by atoms with Crippen LogP contribution in [-0.2, 0) is 4.79 Å². The van der Waals surface area contributed by atoms with Gasteiger partial charge < -0.3 is 14.9 Å². The van der Waals surface area contributed by atoms with Crippen LogP contribution in [0.3, 0.4) is 0 Å². The zero-order valence-electron chi connectivity index (χ0n) is 11.7. The van der Waals surface area contributed by atoms with E-state index < -0.39 is 5.97 Å². The molecule has 1 aliphatic carbocycles. The highest BCUT2D eigenvalue weighted by atomic mass is 16.4. The molecule has 19 heavy (non-hydrogen) atoms. The first-order valence-electron chi connectivity index (χ1n) is 7.28. The number of aliphatic carboxylic acids is 1. The molecule has 0 radical (unpaired) electrons. The number of amides is 2. The molecule has 2 aliphatic rings. The topological polar surface area (TPSA) is 60.9 Å². The first kappa shape index (κ1) is 14.2. The van der Waals surface area contributed by atoms with Gasteiger partial charge in [-0.1, -0.05) is 19.3 Å². The highest BCUT2D eigenvalue weighted by Gasteiger charge is 2.34. The van der Waals surface area contributed by atoms with Crippen LogP contribution >= 0.6 is 0 Å². The molecule has 1 N–H and O–H groups in total. The summed E-state index contributed by atoms with van der Waals surface area (Å²) in [5.41, 5.74) is 0. The van der Waals surface area contributed by atoms with Crippen molar-refractivity contribution in [2.75, 3.05) is 26.7 Å². The van der Waals surface area contributed by atoms with Crippen LogP contribution in [0.15, 0.2) is 0 Å². The first-order chi connectivity index (χ1) is 9.06. The average molecular weight is 268 g/mol. The summed E-state index contributed by atoms with van der Waals surface area (Å²) in [4.78, 5) is 26.3. The van der Waals surface area contributed by atoms with Crippen molar-refractivity contribution in [3.8, 4) is 0 Å². The number of rotatable bonds is 4. The van der Waals surface area contributed by atoms with Gasteiger partial charge in [0.05, 0.1) is 6.42 Å². The fourth-order valence-corrected chi connectivity index (χ4v) is 3.18. The Morgan fingerprint density at radius 1 is 1.16 bits per heavy atom. The van der Waals surface area contributed by atoms with Gasteiger partial charge in [0.15, 0.2) is 0 Å². The van der Waals surface area contributed by atoms with E-state index in [0.29, 0.717) is 19.0 Å². The van der Waals surface area contributed by atoms with Crippen LogP contribution in [0.4, 0.5) is 4.79 Å². The van der Waals surface area contributed by atoms with Gasteiger partial charge in [0.25, 0.3) is 0 Å². The molecule has 0 spiro atoms. The Hall–Kier alpha value is -1.26. The van der Waals surface area contributed by atoms with Crippen molar-refractivity contribution in [3.63, 3.8) is 0 Å². The van der Waals surface area contributed by atoms with E-state index in [1.807, 2.05) is 11.9 Å². The van der Waals surface area contributed by atoms with E-state index in [1.54, 1.807) is 4.90 Å². The normalized spacial score (nSPS) is 21.0. The molecule has 0 aromatic heterocycles. The lowest BCUT2D eigenvalue weighted by Crippen LogP contribution is -2.55. The monoisotopic (exact) mass is 268 g/mol. The van der Waals surface area contributed by atoms with E-state index in [-0.39, 0.29) is 18.4 Å². The van der Waals surface area contributed by atoms with Crippen LogP contribution in [-0.4, -0.2) is 53.6 Å². The van der Waals surface area contributed by atoms with E-state index in [1.165, 1.54) is 32.1 Å². The molecular weight excluding hydrogens is 244 g/mol. The molecule has 2 rings (SSSR count). The number of urea groups is 1. The van der Waals surface area contributed by atoms with Crippen molar-refractivity contribution in [1.82, 2.24) is 9.80 Å². The van der Waals surface area contributed by atoms with Crippen LogP contribution in [0.1, 0.15) is 38.5 Å². The van der Waals surface area contributed by atoms with Crippen LogP contribution < -0.4 is 0 Å². The summed E-state index contributed by atoms with van der Waals surface area (Å²) in [5.74, 6) is 0.0241. The predicted molar refractivity (Wildman–Crippen MR) is 71.9 cm³/mol. The zero-order valence-corrected chi connectivity index (χ0v) is 11.7. The number of carboxylic acids is 1. The Balaban J connectivity index is 1.70. The molecule has 1 heterocycles. The number of likely N-dealkylation sites (tertiary alicyclic amines) is 1. The summed E-state index contributed by atoms with van der Waals surface area (Å²) in [6.07, 6.45) is 6.56. The molecule has 2 fully saturated rings. The highest BCUT2D eigenvalue weighted by molar-refractivity contribution is 5.75. The molecule has 5 nitrogen and oxygen atoms in total. The Labute approximate surface area is 114 Å². The van der Waals surface area contributed by atoms with E-state index in [0.717, 1.165) is 6.54 Å². The van der Waals surface area contributed by atoms with Crippen molar-refractivity contribution in [1.29, 1.82) is 0 Å². The number of hydrogen-bond acceptors (Lipinski definition) is 2. The minimum atomic E-state index is -0.771. The van der Waals surface area contributed by atoms with Gasteiger partial charge in [0.2, 0.25) is 0 Å². The van der Waals surface area contributed by atoms with Crippen LogP contribution in [0, 0.1) is 11.8 Å². The SMILES string of the molecule is CN(CC1CCCCC1)C(=O)N1CC(CC(=O)O)C1. The molecule has 0 aromatic rings. The van der Waals surface area contributed by atoms with Gasteiger partial charge in [-0.25, -0.2) is 4.79 Å². The minimum Gasteiger partial charge on any atom is -0.481 e. The van der Waals surface area contributed by atoms with E-state index >= 15 is 0 Å². The maximum Gasteiger partial charge on any atom is 0.319 e. The number of carbonyl (C=O) groups is 2. The van der Waals surface area contributed by atoms with Crippen molar-refractivity contribution in [3.05, 3.63) is 0 Å². The zero-order chi connectivity index (χ0) is 13.8. The van der Waals surface area contributed by atoms with Gasteiger partial charge in [-0.3, -0.25) is 4.79 Å². The summed E-state index contributed by atoms with van der Waals surface area (Å²) < 4.78 is 0. The van der Waals surface area contributed by atoms with Gasteiger partial charge >= 0.3 is 12.0 Å². The van der Waals surface area contributed by atoms with Crippen molar-refractivity contribution < 1.29 is 14.7 Å². The summed E-state index contributed by atoms with van der Waals surface area (Å²) >= 11 is 0. The number of carbonyl (C=O) groups excluding carboxylic acids is 1. The second kappa shape index (κ2) is 6.26. The fourth-order valence-electron chi connectivity index (χ4n) is 3.18. The smallest absolute Gasteiger partial charge is 0.319 e. The average Bonchev–Trinajstić information content (AvgIpc) is 2.33. The van der Waals surface area contributed by atoms with Gasteiger partial charge in [-0.2, -0.15) is 0 Å². The molecular formula is C14H24N2O3. The Kier molecular flexibility index (Phi) is 4.66. The third kappa shape index (κ3) is 3.85. The summed E-state index contributed by atoms with van der Waals surface area (Å²) in [7, 11) is 1.86. The molecule has 0 atom stereocenters. The van der Waals surface area contributed by atoms with Crippen LogP contribution in [0.5, 0.6) is 0 Å². The Bertz CT molecular complexity index is 334. The molecule has 1 saturated carbocycles. The second-order valence-corrected chi connectivity index (χ2v) is 6.04. The third-order valence-corrected chi connectivity index (χ3v) is 4.27. The lowest BCUT2D eigenvalue weighted by atomic mass is 9.89.